The Hall–Kier alpha value is -5.15. The Labute approximate surface area is 263 Å². The van der Waals surface area contributed by atoms with Crippen molar-refractivity contribution in [2.45, 2.75) is 44.7 Å². The van der Waals surface area contributed by atoms with E-state index in [1.54, 1.807) is 0 Å². The molecule has 1 aliphatic carbocycles. The Morgan fingerprint density at radius 3 is 2.13 bits per heavy atom. The summed E-state index contributed by atoms with van der Waals surface area (Å²) < 4.78 is 2.49. The van der Waals surface area contributed by atoms with Gasteiger partial charge in [0.15, 0.2) is 0 Å². The first kappa shape index (κ1) is 26.3. The third-order valence-corrected chi connectivity index (χ3v) is 11.0. The van der Waals surface area contributed by atoms with E-state index in [-0.39, 0.29) is 17.0 Å². The van der Waals surface area contributed by atoms with E-state index in [2.05, 4.69) is 165 Å². The van der Waals surface area contributed by atoms with E-state index in [9.17, 15) is 0 Å². The fourth-order valence-electron chi connectivity index (χ4n) is 7.92. The van der Waals surface area contributed by atoms with Crippen molar-refractivity contribution in [1.29, 1.82) is 0 Å². The molecule has 1 N–H and O–H groups in total. The van der Waals surface area contributed by atoms with E-state index in [4.69, 9.17) is 4.99 Å². The standard InChI is InChI=1S/C42H35N3/c1-41(2)32-23-22-26-14-8-9-17-28(26)38(32)31-24-30-29-18-10-13-21-36(29)45(37(30)25-33(31)42(41,3)4)40-39(27-15-6-5-7-16-27)43-34-19-11-12-20-35(34)44-40/h5-25,40,44H,1-4H3. The first-order chi connectivity index (χ1) is 21.8. The summed E-state index contributed by atoms with van der Waals surface area (Å²) in [4.78, 5) is 5.30. The summed E-state index contributed by atoms with van der Waals surface area (Å²) in [7, 11) is 0. The second-order valence-corrected chi connectivity index (χ2v) is 13.7. The van der Waals surface area contributed by atoms with Crippen LogP contribution in [-0.2, 0) is 10.8 Å². The normalized spacial score (nSPS) is 17.8. The van der Waals surface area contributed by atoms with Gasteiger partial charge in [0, 0.05) is 16.3 Å². The monoisotopic (exact) mass is 581 g/mol. The number of benzene rings is 6. The molecule has 0 fully saturated rings. The van der Waals surface area contributed by atoms with Crippen molar-refractivity contribution in [1.82, 2.24) is 4.57 Å². The van der Waals surface area contributed by atoms with Crippen LogP contribution < -0.4 is 5.32 Å². The van der Waals surface area contributed by atoms with Crippen molar-refractivity contribution < 1.29 is 0 Å². The van der Waals surface area contributed by atoms with Crippen LogP contribution in [0.5, 0.6) is 0 Å². The van der Waals surface area contributed by atoms with Crippen molar-refractivity contribution >= 4 is 49.7 Å². The van der Waals surface area contributed by atoms with Gasteiger partial charge in [-0.15, -0.1) is 0 Å². The van der Waals surface area contributed by atoms with Gasteiger partial charge in [0.2, 0.25) is 0 Å². The van der Waals surface area contributed by atoms with Crippen LogP contribution in [-0.4, -0.2) is 10.3 Å². The molecule has 1 aliphatic heterocycles. The number of fused-ring (bicyclic) bond motifs is 9. The molecule has 7 aromatic rings. The molecule has 1 atom stereocenters. The number of hydrogen-bond acceptors (Lipinski definition) is 2. The van der Waals surface area contributed by atoms with E-state index in [1.807, 2.05) is 0 Å². The molecule has 0 saturated heterocycles. The van der Waals surface area contributed by atoms with Crippen LogP contribution in [0.15, 0.2) is 132 Å². The molecule has 2 aliphatic rings. The highest BCUT2D eigenvalue weighted by molar-refractivity contribution is 6.15. The smallest absolute Gasteiger partial charge is 0.148 e. The minimum absolute atomic E-state index is 0.0808. The maximum absolute atomic E-state index is 5.30. The fraction of sp³-hybridized carbons (Fsp3) is 0.167. The molecular formula is C42H35N3. The topological polar surface area (TPSA) is 29.3 Å². The van der Waals surface area contributed by atoms with Crippen LogP contribution >= 0.6 is 0 Å². The highest BCUT2D eigenvalue weighted by atomic mass is 15.2. The number of anilines is 1. The lowest BCUT2D eigenvalue weighted by Crippen LogP contribution is -2.43. The number of rotatable bonds is 2. The number of para-hydroxylation sites is 3. The molecule has 218 valence electrons. The molecule has 6 aromatic carbocycles. The fourth-order valence-corrected chi connectivity index (χ4v) is 7.92. The first-order valence-electron chi connectivity index (χ1n) is 15.9. The number of hydrogen-bond donors (Lipinski definition) is 1. The molecule has 0 amide bonds. The zero-order chi connectivity index (χ0) is 30.5. The van der Waals surface area contributed by atoms with Crippen molar-refractivity contribution in [3.05, 3.63) is 144 Å². The maximum atomic E-state index is 5.30. The predicted molar refractivity (Wildman–Crippen MR) is 190 cm³/mol. The third kappa shape index (κ3) is 3.55. The summed E-state index contributed by atoms with van der Waals surface area (Å²) >= 11 is 0. The molecule has 1 aromatic heterocycles. The third-order valence-electron chi connectivity index (χ3n) is 11.0. The minimum atomic E-state index is -0.185. The molecule has 9 rings (SSSR count). The molecular weight excluding hydrogens is 546 g/mol. The van der Waals surface area contributed by atoms with Crippen LogP contribution in [0, 0.1) is 0 Å². The van der Waals surface area contributed by atoms with Crippen molar-refractivity contribution in [2.75, 3.05) is 5.32 Å². The summed E-state index contributed by atoms with van der Waals surface area (Å²) in [6.45, 7) is 9.69. The molecule has 0 spiro atoms. The molecule has 0 saturated carbocycles. The van der Waals surface area contributed by atoms with Crippen molar-refractivity contribution in [3.63, 3.8) is 0 Å². The number of nitrogens with zero attached hydrogens (tertiary/aromatic N) is 2. The summed E-state index contributed by atoms with van der Waals surface area (Å²) in [5.74, 6) is 0. The Kier molecular flexibility index (Phi) is 5.36. The summed E-state index contributed by atoms with van der Waals surface area (Å²) in [6.07, 6.45) is -0.185. The molecule has 0 bridgehead atoms. The molecule has 45 heavy (non-hydrogen) atoms. The first-order valence-corrected chi connectivity index (χ1v) is 15.9. The van der Waals surface area contributed by atoms with Gasteiger partial charge >= 0.3 is 0 Å². The van der Waals surface area contributed by atoms with E-state index in [1.165, 1.54) is 54.8 Å². The van der Waals surface area contributed by atoms with Crippen LogP contribution in [0.4, 0.5) is 11.4 Å². The highest BCUT2D eigenvalue weighted by Gasteiger charge is 2.46. The maximum Gasteiger partial charge on any atom is 0.148 e. The molecule has 3 nitrogen and oxygen atoms in total. The SMILES string of the molecule is CC1(C)c2cc3c(cc2-c2c(ccc4ccccc24)C1(C)C)c1ccccc1n3C1Nc2ccccc2N=C1c1ccccc1. The van der Waals surface area contributed by atoms with Gasteiger partial charge < -0.3 is 9.88 Å². The quantitative estimate of drug-likeness (QED) is 0.216. The van der Waals surface area contributed by atoms with E-state index < -0.39 is 0 Å². The van der Waals surface area contributed by atoms with Crippen LogP contribution in [0.3, 0.4) is 0 Å². The predicted octanol–water partition coefficient (Wildman–Crippen LogP) is 10.9. The highest BCUT2D eigenvalue weighted by Crippen LogP contribution is 2.56. The average molecular weight is 582 g/mol. The Balaban J connectivity index is 1.39. The lowest BCUT2D eigenvalue weighted by Gasteiger charge is -2.48. The summed E-state index contributed by atoms with van der Waals surface area (Å²) in [5, 5.41) is 9.06. The molecule has 2 heterocycles. The number of aromatic nitrogens is 1. The molecule has 1 unspecified atom stereocenters. The van der Waals surface area contributed by atoms with Gasteiger partial charge in [0.1, 0.15) is 6.17 Å². The van der Waals surface area contributed by atoms with Crippen LogP contribution in [0.1, 0.15) is 50.6 Å². The van der Waals surface area contributed by atoms with Gasteiger partial charge in [-0.05, 0) is 74.2 Å². The molecule has 0 radical (unpaired) electrons. The van der Waals surface area contributed by atoms with Crippen molar-refractivity contribution in [3.8, 4) is 11.1 Å². The van der Waals surface area contributed by atoms with Gasteiger partial charge in [0.25, 0.3) is 0 Å². The lowest BCUT2D eigenvalue weighted by atomic mass is 9.55. The van der Waals surface area contributed by atoms with E-state index in [0.29, 0.717) is 0 Å². The number of nitrogens with one attached hydrogen (secondary N) is 1. The lowest BCUT2D eigenvalue weighted by molar-refractivity contribution is 0.299. The summed E-state index contributed by atoms with van der Waals surface area (Å²) in [6, 6.07) is 46.4. The van der Waals surface area contributed by atoms with E-state index in [0.717, 1.165) is 22.6 Å². The van der Waals surface area contributed by atoms with Gasteiger partial charge in [-0.3, -0.25) is 0 Å². The van der Waals surface area contributed by atoms with Gasteiger partial charge in [-0.25, -0.2) is 4.99 Å². The van der Waals surface area contributed by atoms with Crippen molar-refractivity contribution in [2.24, 2.45) is 4.99 Å². The second kappa shape index (κ2) is 9.18. The second-order valence-electron chi connectivity index (χ2n) is 13.7. The Bertz CT molecular complexity index is 2350. The largest absolute Gasteiger partial charge is 0.358 e. The van der Waals surface area contributed by atoms with Crippen LogP contribution in [0.2, 0.25) is 0 Å². The summed E-state index contributed by atoms with van der Waals surface area (Å²) in [5.41, 5.74) is 11.9. The molecule has 3 heteroatoms. The van der Waals surface area contributed by atoms with Gasteiger partial charge in [-0.2, -0.15) is 0 Å². The number of aliphatic imine (C=N–C) groups is 1. The van der Waals surface area contributed by atoms with Gasteiger partial charge in [0.05, 0.1) is 28.1 Å². The zero-order valence-electron chi connectivity index (χ0n) is 26.1. The van der Waals surface area contributed by atoms with Crippen LogP contribution in [0.25, 0.3) is 43.7 Å². The zero-order valence-corrected chi connectivity index (χ0v) is 26.1. The average Bonchev–Trinajstić information content (AvgIpc) is 3.39. The Morgan fingerprint density at radius 2 is 1.29 bits per heavy atom. The van der Waals surface area contributed by atoms with Gasteiger partial charge in [-0.1, -0.05) is 125 Å². The Morgan fingerprint density at radius 1 is 0.600 bits per heavy atom. The van der Waals surface area contributed by atoms with E-state index >= 15 is 0 Å². The minimum Gasteiger partial charge on any atom is -0.358 e.